The standard InChI is InChI=1S/C9H6ClFO3S/c1-4(12)15-7-3-5(10)2-6(11)8(7)9(13)14/h2-3H,1H3,(H,13,14). The van der Waals surface area contributed by atoms with E-state index in [1.807, 2.05) is 0 Å². The van der Waals surface area contributed by atoms with Crippen LogP contribution in [0.4, 0.5) is 4.39 Å². The molecule has 0 atom stereocenters. The summed E-state index contributed by atoms with van der Waals surface area (Å²) in [6, 6.07) is 2.15. The van der Waals surface area contributed by atoms with E-state index in [4.69, 9.17) is 16.7 Å². The quantitative estimate of drug-likeness (QED) is 0.818. The first kappa shape index (κ1) is 12.0. The van der Waals surface area contributed by atoms with Crippen molar-refractivity contribution in [3.8, 4) is 0 Å². The highest BCUT2D eigenvalue weighted by atomic mass is 35.5. The van der Waals surface area contributed by atoms with Gasteiger partial charge in [0.05, 0.1) is 0 Å². The van der Waals surface area contributed by atoms with Crippen LogP contribution in [-0.4, -0.2) is 16.2 Å². The van der Waals surface area contributed by atoms with Crippen molar-refractivity contribution in [3.63, 3.8) is 0 Å². The van der Waals surface area contributed by atoms with Crippen molar-refractivity contribution in [2.45, 2.75) is 11.8 Å². The lowest BCUT2D eigenvalue weighted by Gasteiger charge is -2.05. The monoisotopic (exact) mass is 248 g/mol. The SMILES string of the molecule is CC(=O)Sc1cc(Cl)cc(F)c1C(=O)O. The first-order chi connectivity index (χ1) is 6.91. The van der Waals surface area contributed by atoms with E-state index in [9.17, 15) is 14.0 Å². The van der Waals surface area contributed by atoms with E-state index in [0.29, 0.717) is 11.8 Å². The normalized spacial score (nSPS) is 10.1. The van der Waals surface area contributed by atoms with E-state index in [1.54, 1.807) is 0 Å². The third-order valence-electron chi connectivity index (χ3n) is 1.49. The lowest BCUT2D eigenvalue weighted by Crippen LogP contribution is -2.03. The Hall–Kier alpha value is -1.07. The molecule has 0 spiro atoms. The molecular formula is C9H6ClFO3S. The fraction of sp³-hybridized carbons (Fsp3) is 0.111. The fourth-order valence-corrected chi connectivity index (χ4v) is 2.04. The molecule has 0 heterocycles. The Morgan fingerprint density at radius 2 is 2.07 bits per heavy atom. The Balaban J connectivity index is 3.33. The van der Waals surface area contributed by atoms with Gasteiger partial charge >= 0.3 is 5.97 Å². The Morgan fingerprint density at radius 1 is 1.47 bits per heavy atom. The first-order valence-electron chi connectivity index (χ1n) is 3.82. The van der Waals surface area contributed by atoms with Crippen molar-refractivity contribution in [2.75, 3.05) is 0 Å². The van der Waals surface area contributed by atoms with Gasteiger partial charge in [0.1, 0.15) is 11.4 Å². The molecule has 0 unspecified atom stereocenters. The number of aromatic carboxylic acids is 1. The van der Waals surface area contributed by atoms with Crippen LogP contribution in [0.15, 0.2) is 17.0 Å². The minimum atomic E-state index is -1.42. The van der Waals surface area contributed by atoms with Crippen LogP contribution in [0.5, 0.6) is 0 Å². The topological polar surface area (TPSA) is 54.4 Å². The van der Waals surface area contributed by atoms with Gasteiger partial charge in [0.2, 0.25) is 0 Å². The lowest BCUT2D eigenvalue weighted by atomic mass is 10.2. The number of halogens is 2. The molecule has 0 aliphatic rings. The number of rotatable bonds is 2. The van der Waals surface area contributed by atoms with Crippen molar-refractivity contribution in [1.29, 1.82) is 0 Å². The molecule has 0 amide bonds. The third-order valence-corrected chi connectivity index (χ3v) is 2.53. The number of benzene rings is 1. The molecule has 3 nitrogen and oxygen atoms in total. The second-order valence-electron chi connectivity index (χ2n) is 2.66. The van der Waals surface area contributed by atoms with Crippen LogP contribution >= 0.6 is 23.4 Å². The van der Waals surface area contributed by atoms with Crippen LogP contribution in [-0.2, 0) is 4.79 Å². The largest absolute Gasteiger partial charge is 0.478 e. The smallest absolute Gasteiger partial charge is 0.339 e. The van der Waals surface area contributed by atoms with Gasteiger partial charge in [0, 0.05) is 16.8 Å². The summed E-state index contributed by atoms with van der Waals surface area (Å²) < 4.78 is 13.2. The van der Waals surface area contributed by atoms with Gasteiger partial charge in [-0.1, -0.05) is 23.4 Å². The predicted octanol–water partition coefficient (Wildman–Crippen LogP) is 2.82. The zero-order valence-electron chi connectivity index (χ0n) is 7.58. The van der Waals surface area contributed by atoms with Crippen molar-refractivity contribution >= 4 is 34.4 Å². The van der Waals surface area contributed by atoms with E-state index < -0.39 is 17.3 Å². The Kier molecular flexibility index (Phi) is 3.71. The van der Waals surface area contributed by atoms with Crippen LogP contribution in [0.3, 0.4) is 0 Å². The Labute approximate surface area is 94.2 Å². The van der Waals surface area contributed by atoms with Crippen LogP contribution in [0.2, 0.25) is 5.02 Å². The number of carboxylic acids is 1. The van der Waals surface area contributed by atoms with E-state index in [-0.39, 0.29) is 15.0 Å². The predicted molar refractivity (Wildman–Crippen MR) is 54.9 cm³/mol. The molecule has 1 aromatic rings. The average molecular weight is 249 g/mol. The summed E-state index contributed by atoms with van der Waals surface area (Å²) in [5.74, 6) is -2.37. The van der Waals surface area contributed by atoms with Gasteiger partial charge in [-0.25, -0.2) is 9.18 Å². The maximum Gasteiger partial charge on any atom is 0.339 e. The van der Waals surface area contributed by atoms with Crippen LogP contribution in [0.25, 0.3) is 0 Å². The number of carbonyl (C=O) groups is 2. The molecule has 0 saturated heterocycles. The average Bonchev–Trinajstić information content (AvgIpc) is 1.99. The molecule has 0 aliphatic heterocycles. The second-order valence-corrected chi connectivity index (χ2v) is 4.31. The molecule has 0 saturated carbocycles. The lowest BCUT2D eigenvalue weighted by molar-refractivity contribution is -0.109. The number of hydrogen-bond acceptors (Lipinski definition) is 3. The van der Waals surface area contributed by atoms with Crippen LogP contribution in [0.1, 0.15) is 17.3 Å². The Bertz CT molecular complexity index is 434. The Morgan fingerprint density at radius 3 is 2.53 bits per heavy atom. The number of hydrogen-bond donors (Lipinski definition) is 1. The summed E-state index contributed by atoms with van der Waals surface area (Å²) in [4.78, 5) is 21.6. The van der Waals surface area contributed by atoms with Gasteiger partial charge in [-0.3, -0.25) is 4.79 Å². The van der Waals surface area contributed by atoms with Crippen LogP contribution < -0.4 is 0 Å². The molecule has 1 N–H and O–H groups in total. The molecule has 80 valence electrons. The van der Waals surface area contributed by atoms with E-state index >= 15 is 0 Å². The third kappa shape index (κ3) is 2.94. The molecule has 0 fully saturated rings. The summed E-state index contributed by atoms with van der Waals surface area (Å²) in [5, 5.41) is 8.47. The zero-order valence-corrected chi connectivity index (χ0v) is 9.16. The molecule has 1 aromatic carbocycles. The summed E-state index contributed by atoms with van der Waals surface area (Å²) in [5.41, 5.74) is -0.528. The number of thioether (sulfide) groups is 1. The minimum Gasteiger partial charge on any atom is -0.478 e. The summed E-state index contributed by atoms with van der Waals surface area (Å²) in [6.45, 7) is 1.26. The summed E-state index contributed by atoms with van der Waals surface area (Å²) >= 11 is 6.19. The maximum atomic E-state index is 13.2. The minimum absolute atomic E-state index is 0.0139. The molecule has 0 radical (unpaired) electrons. The first-order valence-corrected chi connectivity index (χ1v) is 5.02. The molecule has 0 bridgehead atoms. The molecular weight excluding hydrogens is 243 g/mol. The molecule has 0 aromatic heterocycles. The van der Waals surface area contributed by atoms with Crippen LogP contribution in [0, 0.1) is 5.82 Å². The van der Waals surface area contributed by atoms with E-state index in [2.05, 4.69) is 0 Å². The van der Waals surface area contributed by atoms with Gasteiger partial charge < -0.3 is 5.11 Å². The van der Waals surface area contributed by atoms with Crippen molar-refractivity contribution in [3.05, 3.63) is 28.5 Å². The van der Waals surface area contributed by atoms with Gasteiger partial charge in [-0.15, -0.1) is 0 Å². The summed E-state index contributed by atoms with van der Waals surface area (Å²) in [6.07, 6.45) is 0. The van der Waals surface area contributed by atoms with Gasteiger partial charge in [-0.05, 0) is 12.1 Å². The second kappa shape index (κ2) is 4.63. The molecule has 6 heteroatoms. The van der Waals surface area contributed by atoms with E-state index in [1.165, 1.54) is 13.0 Å². The molecule has 15 heavy (non-hydrogen) atoms. The van der Waals surface area contributed by atoms with Gasteiger partial charge in [-0.2, -0.15) is 0 Å². The maximum absolute atomic E-state index is 13.2. The number of carbonyl (C=O) groups excluding carboxylic acids is 1. The molecule has 0 aliphatic carbocycles. The van der Waals surface area contributed by atoms with Crippen molar-refractivity contribution < 1.29 is 19.1 Å². The number of carboxylic acid groups (broad SMARTS) is 1. The van der Waals surface area contributed by atoms with Crippen molar-refractivity contribution in [1.82, 2.24) is 0 Å². The molecule has 1 rings (SSSR count). The van der Waals surface area contributed by atoms with E-state index in [0.717, 1.165) is 6.07 Å². The van der Waals surface area contributed by atoms with Crippen molar-refractivity contribution in [2.24, 2.45) is 0 Å². The highest BCUT2D eigenvalue weighted by Crippen LogP contribution is 2.29. The highest BCUT2D eigenvalue weighted by Gasteiger charge is 2.18. The van der Waals surface area contributed by atoms with Gasteiger partial charge in [0.25, 0.3) is 0 Å². The zero-order chi connectivity index (χ0) is 11.6. The highest BCUT2D eigenvalue weighted by molar-refractivity contribution is 8.13. The summed E-state index contributed by atoms with van der Waals surface area (Å²) in [7, 11) is 0. The fourth-order valence-electron chi connectivity index (χ4n) is 0.993. The van der Waals surface area contributed by atoms with Gasteiger partial charge in [0.15, 0.2) is 5.12 Å².